The monoisotopic (exact) mass is 314 g/mol. The van der Waals surface area contributed by atoms with Gasteiger partial charge < -0.3 is 10.2 Å². The minimum atomic E-state index is 0.663. The maximum atomic E-state index is 4.51. The molecule has 1 fully saturated rings. The summed E-state index contributed by atoms with van der Waals surface area (Å²) in [5, 5.41) is 7.81. The van der Waals surface area contributed by atoms with Gasteiger partial charge in [-0.05, 0) is 62.4 Å². The van der Waals surface area contributed by atoms with Crippen molar-refractivity contribution in [2.24, 2.45) is 5.92 Å². The molecule has 1 N–H and O–H groups in total. The molecule has 0 spiro atoms. The van der Waals surface area contributed by atoms with Crippen LogP contribution in [0.4, 0.5) is 0 Å². The number of rotatable bonds is 6. The Bertz CT molecular complexity index is 388. The van der Waals surface area contributed by atoms with Gasteiger partial charge in [-0.2, -0.15) is 5.10 Å². The Hall–Kier alpha value is -0.390. The van der Waals surface area contributed by atoms with E-state index in [1.165, 1.54) is 23.0 Å². The van der Waals surface area contributed by atoms with Gasteiger partial charge in [0.15, 0.2) is 0 Å². The lowest BCUT2D eigenvalue weighted by atomic mass is 9.72. The van der Waals surface area contributed by atoms with Crippen LogP contribution in [0.2, 0.25) is 0 Å². The number of hydrogen-bond acceptors (Lipinski definition) is 3. The first-order valence-electron chi connectivity index (χ1n) is 6.64. The van der Waals surface area contributed by atoms with Crippen molar-refractivity contribution < 1.29 is 0 Å². The lowest BCUT2D eigenvalue weighted by Crippen LogP contribution is -2.34. The fourth-order valence-corrected chi connectivity index (χ4v) is 3.24. The van der Waals surface area contributed by atoms with E-state index in [0.29, 0.717) is 5.92 Å². The van der Waals surface area contributed by atoms with Crippen LogP contribution < -0.4 is 5.32 Å². The van der Waals surface area contributed by atoms with Crippen molar-refractivity contribution in [2.45, 2.75) is 25.3 Å². The van der Waals surface area contributed by atoms with Gasteiger partial charge in [-0.3, -0.25) is 4.68 Å². The van der Waals surface area contributed by atoms with Crippen molar-refractivity contribution in [2.75, 3.05) is 34.2 Å². The summed E-state index contributed by atoms with van der Waals surface area (Å²) >= 11 is 3.66. The Morgan fingerprint density at radius 2 is 2.28 bits per heavy atom. The van der Waals surface area contributed by atoms with Crippen LogP contribution in [-0.4, -0.2) is 48.9 Å². The third-order valence-electron chi connectivity index (χ3n) is 3.83. The fraction of sp³-hybridized carbons (Fsp3) is 0.769. The van der Waals surface area contributed by atoms with E-state index in [1.54, 1.807) is 0 Å². The van der Waals surface area contributed by atoms with E-state index in [9.17, 15) is 0 Å². The van der Waals surface area contributed by atoms with Crippen molar-refractivity contribution in [1.82, 2.24) is 20.0 Å². The van der Waals surface area contributed by atoms with E-state index < -0.39 is 0 Å². The molecule has 1 aromatic rings. The van der Waals surface area contributed by atoms with Gasteiger partial charge in [0.2, 0.25) is 0 Å². The molecule has 102 valence electrons. The average molecular weight is 315 g/mol. The number of nitrogens with zero attached hydrogens (tertiary/aromatic N) is 3. The second-order valence-electron chi connectivity index (χ2n) is 5.41. The Labute approximate surface area is 118 Å². The van der Waals surface area contributed by atoms with Crippen molar-refractivity contribution in [3.8, 4) is 0 Å². The molecule has 2 unspecified atom stereocenters. The molecular formula is C13H23BrN4. The van der Waals surface area contributed by atoms with Crippen molar-refractivity contribution in [1.29, 1.82) is 0 Å². The molecule has 2 atom stereocenters. The fourth-order valence-electron chi connectivity index (χ4n) is 2.65. The standard InChI is InChI=1S/C13H23BrN4/c1-15-8-10-4-5-11(10)13-12(14)9-16-18(13)7-6-17(2)3/h9-11,15H,4-8H2,1-3H3. The Kier molecular flexibility index (Phi) is 4.81. The first kappa shape index (κ1) is 14.0. The molecule has 1 saturated carbocycles. The minimum absolute atomic E-state index is 0.663. The van der Waals surface area contributed by atoms with Gasteiger partial charge in [-0.15, -0.1) is 0 Å². The first-order valence-corrected chi connectivity index (χ1v) is 7.43. The third kappa shape index (κ3) is 2.95. The highest BCUT2D eigenvalue weighted by molar-refractivity contribution is 9.10. The van der Waals surface area contributed by atoms with E-state index in [2.05, 4.69) is 50.0 Å². The van der Waals surface area contributed by atoms with Crippen molar-refractivity contribution >= 4 is 15.9 Å². The molecule has 18 heavy (non-hydrogen) atoms. The average Bonchev–Trinajstić information content (AvgIpc) is 2.64. The maximum Gasteiger partial charge on any atom is 0.0635 e. The summed E-state index contributed by atoms with van der Waals surface area (Å²) in [5.41, 5.74) is 1.39. The predicted octanol–water partition coefficient (Wildman–Crippen LogP) is 1.92. The van der Waals surface area contributed by atoms with Crippen LogP contribution in [-0.2, 0) is 6.54 Å². The van der Waals surface area contributed by atoms with Crippen LogP contribution >= 0.6 is 15.9 Å². The molecule has 0 saturated heterocycles. The summed E-state index contributed by atoms with van der Waals surface area (Å²) in [6, 6.07) is 0. The molecule has 5 heteroatoms. The van der Waals surface area contributed by atoms with Gasteiger partial charge in [-0.25, -0.2) is 0 Å². The molecule has 1 aliphatic rings. The SMILES string of the molecule is CNCC1CCC1c1c(Br)cnn1CCN(C)C. The number of hydrogen-bond donors (Lipinski definition) is 1. The van der Waals surface area contributed by atoms with Crippen molar-refractivity contribution in [3.63, 3.8) is 0 Å². The van der Waals surface area contributed by atoms with Crippen LogP contribution in [0.25, 0.3) is 0 Å². The summed E-state index contributed by atoms with van der Waals surface area (Å²) in [7, 11) is 6.24. The highest BCUT2D eigenvalue weighted by atomic mass is 79.9. The number of nitrogens with one attached hydrogen (secondary N) is 1. The molecule has 2 rings (SSSR count). The molecule has 0 aromatic carbocycles. The van der Waals surface area contributed by atoms with Crippen LogP contribution in [0.15, 0.2) is 10.7 Å². The van der Waals surface area contributed by atoms with E-state index in [-0.39, 0.29) is 0 Å². The highest BCUT2D eigenvalue weighted by Crippen LogP contribution is 2.44. The lowest BCUT2D eigenvalue weighted by molar-refractivity contribution is 0.234. The maximum absolute atomic E-state index is 4.51. The van der Waals surface area contributed by atoms with E-state index in [0.717, 1.165) is 25.6 Å². The summed E-state index contributed by atoms with van der Waals surface area (Å²) in [4.78, 5) is 2.20. The zero-order valence-corrected chi connectivity index (χ0v) is 13.1. The van der Waals surface area contributed by atoms with Crippen LogP contribution in [0.5, 0.6) is 0 Å². The Morgan fingerprint density at radius 3 is 2.83 bits per heavy atom. The molecule has 1 aromatic heterocycles. The van der Waals surface area contributed by atoms with Gasteiger partial charge in [0.25, 0.3) is 0 Å². The van der Waals surface area contributed by atoms with Crippen molar-refractivity contribution in [3.05, 3.63) is 16.4 Å². The number of aromatic nitrogens is 2. The molecule has 1 heterocycles. The van der Waals surface area contributed by atoms with Crippen LogP contribution in [0, 0.1) is 5.92 Å². The molecular weight excluding hydrogens is 292 g/mol. The second kappa shape index (κ2) is 6.17. The predicted molar refractivity (Wildman–Crippen MR) is 77.9 cm³/mol. The largest absolute Gasteiger partial charge is 0.319 e. The van der Waals surface area contributed by atoms with Gasteiger partial charge in [0, 0.05) is 12.5 Å². The molecule has 0 bridgehead atoms. The van der Waals surface area contributed by atoms with Gasteiger partial charge >= 0.3 is 0 Å². The first-order chi connectivity index (χ1) is 8.63. The number of halogens is 1. The number of likely N-dealkylation sites (N-methyl/N-ethyl adjacent to an activating group) is 1. The molecule has 0 radical (unpaired) electrons. The normalized spacial score (nSPS) is 23.4. The quantitative estimate of drug-likeness (QED) is 0.871. The van der Waals surface area contributed by atoms with Crippen LogP contribution in [0.3, 0.4) is 0 Å². The zero-order valence-electron chi connectivity index (χ0n) is 11.5. The lowest BCUT2D eigenvalue weighted by Gasteiger charge is -2.37. The Morgan fingerprint density at radius 1 is 1.50 bits per heavy atom. The summed E-state index contributed by atoms with van der Waals surface area (Å²) in [6.07, 6.45) is 4.56. The molecule has 1 aliphatic carbocycles. The Balaban J connectivity index is 2.09. The van der Waals surface area contributed by atoms with Gasteiger partial charge in [-0.1, -0.05) is 0 Å². The summed E-state index contributed by atoms with van der Waals surface area (Å²) < 4.78 is 3.35. The third-order valence-corrected chi connectivity index (χ3v) is 4.44. The van der Waals surface area contributed by atoms with Crippen LogP contribution in [0.1, 0.15) is 24.5 Å². The topological polar surface area (TPSA) is 33.1 Å². The second-order valence-corrected chi connectivity index (χ2v) is 6.26. The van der Waals surface area contributed by atoms with Gasteiger partial charge in [0.05, 0.1) is 22.9 Å². The summed E-state index contributed by atoms with van der Waals surface area (Å²) in [5.74, 6) is 1.43. The van der Waals surface area contributed by atoms with E-state index in [1.807, 2.05) is 13.2 Å². The smallest absolute Gasteiger partial charge is 0.0635 e. The summed E-state index contributed by atoms with van der Waals surface area (Å²) in [6.45, 7) is 3.11. The van der Waals surface area contributed by atoms with E-state index in [4.69, 9.17) is 0 Å². The van der Waals surface area contributed by atoms with E-state index >= 15 is 0 Å². The molecule has 0 amide bonds. The highest BCUT2D eigenvalue weighted by Gasteiger charge is 2.35. The minimum Gasteiger partial charge on any atom is -0.319 e. The van der Waals surface area contributed by atoms with Gasteiger partial charge in [0.1, 0.15) is 0 Å². The molecule has 0 aliphatic heterocycles. The molecule has 4 nitrogen and oxygen atoms in total. The zero-order chi connectivity index (χ0) is 13.1.